The highest BCUT2D eigenvalue weighted by atomic mass is 16.6. The summed E-state index contributed by atoms with van der Waals surface area (Å²) in [7, 11) is 0. The number of unbranched alkanes of at least 4 members (excludes halogenated alkanes) is 38. The molecule has 6 heteroatoms. The summed E-state index contributed by atoms with van der Waals surface area (Å²) in [5, 5.41) is 20.1. The number of esters is 2. The van der Waals surface area contributed by atoms with Gasteiger partial charge >= 0.3 is 11.9 Å². The summed E-state index contributed by atoms with van der Waals surface area (Å²) in [6.07, 6.45) is 48.4. The lowest BCUT2D eigenvalue weighted by atomic mass is 10.0. The van der Waals surface area contributed by atoms with Gasteiger partial charge in [-0.15, -0.1) is 0 Å². The highest BCUT2D eigenvalue weighted by Gasteiger charge is 2.32. The van der Waals surface area contributed by atoms with Crippen LogP contribution in [0, 0.1) is 0 Å². The standard InChI is InChI=1S/C48H94O6/c1-3-5-7-9-11-13-15-17-19-21-23-25-27-29-31-33-35-37-39-41-43-53-47(51)45(49)46(50)48(52)54-44-42-40-38-36-34-32-30-28-26-24-22-20-18-16-14-12-10-8-6-4-2/h45-46,49-50H,3-44H2,1-2H3. The fourth-order valence-electron chi connectivity index (χ4n) is 7.49. The van der Waals surface area contributed by atoms with E-state index < -0.39 is 24.1 Å². The molecule has 0 aliphatic carbocycles. The van der Waals surface area contributed by atoms with Gasteiger partial charge in [-0.1, -0.05) is 258 Å². The van der Waals surface area contributed by atoms with Gasteiger partial charge in [-0.3, -0.25) is 0 Å². The van der Waals surface area contributed by atoms with Crippen molar-refractivity contribution in [1.29, 1.82) is 0 Å². The third-order valence-corrected chi connectivity index (χ3v) is 11.3. The summed E-state index contributed by atoms with van der Waals surface area (Å²) in [6, 6.07) is 0. The number of hydrogen-bond donors (Lipinski definition) is 2. The van der Waals surface area contributed by atoms with E-state index >= 15 is 0 Å². The lowest BCUT2D eigenvalue weighted by Crippen LogP contribution is -2.41. The zero-order chi connectivity index (χ0) is 39.4. The van der Waals surface area contributed by atoms with E-state index in [4.69, 9.17) is 9.47 Å². The van der Waals surface area contributed by atoms with E-state index in [2.05, 4.69) is 13.8 Å². The molecule has 0 rings (SSSR count). The Morgan fingerprint density at radius 3 is 0.611 bits per heavy atom. The summed E-state index contributed by atoms with van der Waals surface area (Å²) in [5.41, 5.74) is 0. The number of rotatable bonds is 45. The van der Waals surface area contributed by atoms with Crippen molar-refractivity contribution < 1.29 is 29.3 Å². The van der Waals surface area contributed by atoms with Gasteiger partial charge in [-0.25, -0.2) is 9.59 Å². The Hall–Kier alpha value is -1.14. The first kappa shape index (κ1) is 52.9. The van der Waals surface area contributed by atoms with Gasteiger partial charge < -0.3 is 19.7 Å². The highest BCUT2D eigenvalue weighted by molar-refractivity contribution is 5.85. The van der Waals surface area contributed by atoms with Crippen LogP contribution in [0.15, 0.2) is 0 Å². The molecule has 0 aromatic carbocycles. The quantitative estimate of drug-likeness (QED) is 0.0473. The first-order chi connectivity index (χ1) is 26.5. The molecule has 0 saturated heterocycles. The summed E-state index contributed by atoms with van der Waals surface area (Å²) in [4.78, 5) is 24.2. The van der Waals surface area contributed by atoms with E-state index in [0.717, 1.165) is 38.5 Å². The largest absolute Gasteiger partial charge is 0.464 e. The van der Waals surface area contributed by atoms with E-state index in [1.807, 2.05) is 0 Å². The van der Waals surface area contributed by atoms with Crippen LogP contribution in [-0.4, -0.2) is 47.6 Å². The van der Waals surface area contributed by atoms with Gasteiger partial charge in [0.2, 0.25) is 0 Å². The summed E-state index contributed by atoms with van der Waals surface area (Å²) in [5.74, 6) is -1.92. The van der Waals surface area contributed by atoms with Crippen molar-refractivity contribution in [1.82, 2.24) is 0 Å². The lowest BCUT2D eigenvalue weighted by Gasteiger charge is -2.16. The van der Waals surface area contributed by atoms with Crippen LogP contribution < -0.4 is 0 Å². The van der Waals surface area contributed by atoms with E-state index in [9.17, 15) is 19.8 Å². The number of carbonyl (C=O) groups excluding carboxylic acids is 2. The molecule has 0 fully saturated rings. The molecule has 0 radical (unpaired) electrons. The fraction of sp³-hybridized carbons (Fsp3) is 0.958. The smallest absolute Gasteiger partial charge is 0.338 e. The molecule has 0 heterocycles. The van der Waals surface area contributed by atoms with Crippen LogP contribution in [0.1, 0.15) is 271 Å². The van der Waals surface area contributed by atoms with Crippen molar-refractivity contribution in [2.75, 3.05) is 13.2 Å². The summed E-state index contributed by atoms with van der Waals surface area (Å²) >= 11 is 0. The van der Waals surface area contributed by atoms with E-state index in [1.165, 1.54) is 218 Å². The van der Waals surface area contributed by atoms with Gasteiger partial charge in [0.15, 0.2) is 12.2 Å². The van der Waals surface area contributed by atoms with Crippen LogP contribution in [0.25, 0.3) is 0 Å². The average Bonchev–Trinajstić information content (AvgIpc) is 3.18. The number of aliphatic hydroxyl groups excluding tert-OH is 2. The molecule has 0 saturated carbocycles. The van der Waals surface area contributed by atoms with Crippen molar-refractivity contribution >= 4 is 11.9 Å². The minimum atomic E-state index is -1.91. The Morgan fingerprint density at radius 1 is 0.296 bits per heavy atom. The molecule has 0 aromatic rings. The third kappa shape index (κ3) is 39.1. The molecule has 2 atom stereocenters. The molecule has 6 nitrogen and oxygen atoms in total. The van der Waals surface area contributed by atoms with E-state index in [-0.39, 0.29) is 13.2 Å². The highest BCUT2D eigenvalue weighted by Crippen LogP contribution is 2.17. The Labute approximate surface area is 336 Å². The summed E-state index contributed by atoms with van der Waals surface area (Å²) < 4.78 is 10.2. The molecule has 2 unspecified atom stereocenters. The Balaban J connectivity index is 3.44. The van der Waals surface area contributed by atoms with E-state index in [1.54, 1.807) is 0 Å². The van der Waals surface area contributed by atoms with Crippen LogP contribution in [0.4, 0.5) is 0 Å². The lowest BCUT2D eigenvalue weighted by molar-refractivity contribution is -0.173. The van der Waals surface area contributed by atoms with Crippen molar-refractivity contribution in [3.8, 4) is 0 Å². The normalized spacial score (nSPS) is 12.6. The van der Waals surface area contributed by atoms with Crippen molar-refractivity contribution in [3.05, 3.63) is 0 Å². The molecular weight excluding hydrogens is 673 g/mol. The maximum atomic E-state index is 12.1. The Kier molecular flexibility index (Phi) is 43.6. The Bertz CT molecular complexity index is 695. The summed E-state index contributed by atoms with van der Waals surface area (Å²) in [6.45, 7) is 4.94. The molecule has 54 heavy (non-hydrogen) atoms. The van der Waals surface area contributed by atoms with Gasteiger partial charge in [0, 0.05) is 0 Å². The maximum Gasteiger partial charge on any atom is 0.338 e. The number of ether oxygens (including phenoxy) is 2. The van der Waals surface area contributed by atoms with Crippen molar-refractivity contribution in [3.63, 3.8) is 0 Å². The molecular formula is C48H94O6. The van der Waals surface area contributed by atoms with Gasteiger partial charge in [-0.2, -0.15) is 0 Å². The zero-order valence-corrected chi connectivity index (χ0v) is 36.4. The average molecular weight is 767 g/mol. The molecule has 2 N–H and O–H groups in total. The zero-order valence-electron chi connectivity index (χ0n) is 36.4. The van der Waals surface area contributed by atoms with Gasteiger partial charge in [0.1, 0.15) is 0 Å². The number of hydrogen-bond acceptors (Lipinski definition) is 6. The van der Waals surface area contributed by atoms with E-state index in [0.29, 0.717) is 0 Å². The minimum absolute atomic E-state index is 0.190. The first-order valence-electron chi connectivity index (χ1n) is 24.2. The molecule has 322 valence electrons. The maximum absolute atomic E-state index is 12.1. The Morgan fingerprint density at radius 2 is 0.444 bits per heavy atom. The van der Waals surface area contributed by atoms with Crippen LogP contribution in [0.3, 0.4) is 0 Å². The molecule has 0 amide bonds. The molecule has 0 bridgehead atoms. The number of aliphatic hydroxyl groups is 2. The molecule has 0 spiro atoms. The third-order valence-electron chi connectivity index (χ3n) is 11.3. The SMILES string of the molecule is CCCCCCCCCCCCCCCCCCCCCCOC(=O)C(O)C(O)C(=O)OCCCCCCCCCCCCCCCCCCCCCC. The minimum Gasteiger partial charge on any atom is -0.464 e. The second-order valence-corrected chi connectivity index (χ2v) is 16.7. The molecule has 0 aliphatic rings. The van der Waals surface area contributed by atoms with Gasteiger partial charge in [-0.05, 0) is 12.8 Å². The predicted octanol–water partition coefficient (Wildman–Crippen LogP) is 14.4. The first-order valence-corrected chi connectivity index (χ1v) is 24.2. The van der Waals surface area contributed by atoms with Crippen LogP contribution >= 0.6 is 0 Å². The van der Waals surface area contributed by atoms with Crippen molar-refractivity contribution in [2.24, 2.45) is 0 Å². The second-order valence-electron chi connectivity index (χ2n) is 16.7. The van der Waals surface area contributed by atoms with Crippen LogP contribution in [0.5, 0.6) is 0 Å². The van der Waals surface area contributed by atoms with Crippen molar-refractivity contribution in [2.45, 2.75) is 283 Å². The van der Waals surface area contributed by atoms with Gasteiger partial charge in [0.05, 0.1) is 13.2 Å². The van der Waals surface area contributed by atoms with Gasteiger partial charge in [0.25, 0.3) is 0 Å². The second kappa shape index (κ2) is 44.6. The topological polar surface area (TPSA) is 93.1 Å². The molecule has 0 aromatic heterocycles. The fourth-order valence-corrected chi connectivity index (χ4v) is 7.49. The van der Waals surface area contributed by atoms with Crippen LogP contribution in [0.2, 0.25) is 0 Å². The number of carbonyl (C=O) groups is 2. The van der Waals surface area contributed by atoms with Crippen LogP contribution in [-0.2, 0) is 19.1 Å². The monoisotopic (exact) mass is 767 g/mol. The molecule has 0 aliphatic heterocycles. The predicted molar refractivity (Wildman–Crippen MR) is 230 cm³/mol.